The number of hydrogen-bond donors (Lipinski definition) is 0. The number of esters is 3. The lowest BCUT2D eigenvalue weighted by atomic mass is 10.1. The van der Waals surface area contributed by atoms with Crippen LogP contribution in [-0.2, 0) is 28.6 Å². The molecule has 0 N–H and O–H groups in total. The van der Waals surface area contributed by atoms with E-state index in [2.05, 4.69) is 154 Å². The fourth-order valence-electron chi connectivity index (χ4n) is 7.31. The molecular formula is C65H104O6. The average molecular weight is 982 g/mol. The van der Waals surface area contributed by atoms with E-state index in [0.717, 1.165) is 148 Å². The van der Waals surface area contributed by atoms with Crippen molar-refractivity contribution in [2.75, 3.05) is 13.2 Å². The quantitative estimate of drug-likeness (QED) is 0.0262. The van der Waals surface area contributed by atoms with Gasteiger partial charge in [0.25, 0.3) is 0 Å². The van der Waals surface area contributed by atoms with E-state index < -0.39 is 6.10 Å². The number of allylic oxidation sites excluding steroid dienone is 22. The van der Waals surface area contributed by atoms with Gasteiger partial charge in [-0.05, 0) is 135 Å². The summed E-state index contributed by atoms with van der Waals surface area (Å²) in [5.41, 5.74) is 0. The number of rotatable bonds is 50. The van der Waals surface area contributed by atoms with Gasteiger partial charge < -0.3 is 14.2 Å². The molecule has 0 saturated carbocycles. The maximum absolute atomic E-state index is 12.9. The van der Waals surface area contributed by atoms with Crippen LogP contribution in [0.15, 0.2) is 134 Å². The van der Waals surface area contributed by atoms with Gasteiger partial charge >= 0.3 is 17.9 Å². The summed E-state index contributed by atoms with van der Waals surface area (Å²) in [5.74, 6) is -0.985. The van der Waals surface area contributed by atoms with Crippen LogP contribution >= 0.6 is 0 Å². The van der Waals surface area contributed by atoms with E-state index in [1.807, 2.05) is 0 Å². The molecule has 0 aliphatic heterocycles. The van der Waals surface area contributed by atoms with Crippen molar-refractivity contribution in [2.24, 2.45) is 0 Å². The van der Waals surface area contributed by atoms with Crippen LogP contribution in [0.5, 0.6) is 0 Å². The molecule has 0 fully saturated rings. The molecule has 0 aromatic heterocycles. The highest BCUT2D eigenvalue weighted by Crippen LogP contribution is 2.13. The average Bonchev–Trinajstić information content (AvgIpc) is 3.37. The summed E-state index contributed by atoms with van der Waals surface area (Å²) in [6.45, 7) is 6.36. The van der Waals surface area contributed by atoms with Crippen molar-refractivity contribution in [2.45, 2.75) is 245 Å². The molecule has 0 saturated heterocycles. The Kier molecular flexibility index (Phi) is 54.5. The normalized spacial score (nSPS) is 13.1. The van der Waals surface area contributed by atoms with Crippen LogP contribution < -0.4 is 0 Å². The van der Waals surface area contributed by atoms with Gasteiger partial charge in [-0.3, -0.25) is 14.4 Å². The first-order chi connectivity index (χ1) is 35.0. The highest BCUT2D eigenvalue weighted by atomic mass is 16.6. The van der Waals surface area contributed by atoms with Gasteiger partial charge in [0, 0.05) is 19.3 Å². The third-order valence-electron chi connectivity index (χ3n) is 11.6. The Balaban J connectivity index is 4.52. The second-order valence-electron chi connectivity index (χ2n) is 18.5. The summed E-state index contributed by atoms with van der Waals surface area (Å²) >= 11 is 0. The summed E-state index contributed by atoms with van der Waals surface area (Å²) in [5, 5.41) is 0. The molecule has 0 amide bonds. The van der Waals surface area contributed by atoms with Crippen LogP contribution in [0, 0.1) is 0 Å². The molecule has 71 heavy (non-hydrogen) atoms. The molecule has 0 spiro atoms. The second-order valence-corrected chi connectivity index (χ2v) is 18.5. The zero-order chi connectivity index (χ0) is 51.4. The van der Waals surface area contributed by atoms with Gasteiger partial charge in [-0.25, -0.2) is 0 Å². The molecule has 0 bridgehead atoms. The van der Waals surface area contributed by atoms with E-state index in [9.17, 15) is 14.4 Å². The molecule has 0 aromatic rings. The van der Waals surface area contributed by atoms with Crippen LogP contribution in [0.25, 0.3) is 0 Å². The Bertz CT molecular complexity index is 1550. The second kappa shape index (κ2) is 58.1. The largest absolute Gasteiger partial charge is 0.462 e. The van der Waals surface area contributed by atoms with Gasteiger partial charge in [0.15, 0.2) is 6.10 Å². The van der Waals surface area contributed by atoms with Crippen molar-refractivity contribution in [3.8, 4) is 0 Å². The molecule has 0 rings (SSSR count). The van der Waals surface area contributed by atoms with E-state index in [4.69, 9.17) is 14.2 Å². The van der Waals surface area contributed by atoms with Crippen molar-refractivity contribution >= 4 is 17.9 Å². The van der Waals surface area contributed by atoms with Gasteiger partial charge in [0.1, 0.15) is 13.2 Å². The van der Waals surface area contributed by atoms with Gasteiger partial charge in [-0.15, -0.1) is 0 Å². The monoisotopic (exact) mass is 981 g/mol. The summed E-state index contributed by atoms with van der Waals surface area (Å²) in [6.07, 6.45) is 81.5. The van der Waals surface area contributed by atoms with E-state index in [1.165, 1.54) is 44.9 Å². The zero-order valence-electron chi connectivity index (χ0n) is 45.7. The molecule has 0 heterocycles. The van der Waals surface area contributed by atoms with Crippen molar-refractivity contribution in [1.82, 2.24) is 0 Å². The van der Waals surface area contributed by atoms with Crippen LogP contribution in [0.1, 0.15) is 239 Å². The number of unbranched alkanes of at least 4 members (excludes halogenated alkanes) is 17. The smallest absolute Gasteiger partial charge is 0.306 e. The maximum Gasteiger partial charge on any atom is 0.306 e. The zero-order valence-corrected chi connectivity index (χ0v) is 45.7. The van der Waals surface area contributed by atoms with Crippen LogP contribution in [0.2, 0.25) is 0 Å². The molecule has 0 aliphatic carbocycles. The van der Waals surface area contributed by atoms with E-state index in [-0.39, 0.29) is 31.1 Å². The highest BCUT2D eigenvalue weighted by molar-refractivity contribution is 5.71. The first kappa shape index (κ1) is 66.6. The molecular weight excluding hydrogens is 877 g/mol. The topological polar surface area (TPSA) is 78.9 Å². The van der Waals surface area contributed by atoms with Crippen LogP contribution in [-0.4, -0.2) is 37.2 Å². The number of carbonyl (C=O) groups excluding carboxylic acids is 3. The minimum Gasteiger partial charge on any atom is -0.462 e. The van der Waals surface area contributed by atoms with Gasteiger partial charge in [0.05, 0.1) is 0 Å². The first-order valence-electron chi connectivity index (χ1n) is 28.7. The minimum absolute atomic E-state index is 0.109. The molecule has 1 unspecified atom stereocenters. The summed E-state index contributed by atoms with van der Waals surface area (Å²) in [6, 6.07) is 0. The van der Waals surface area contributed by atoms with Crippen molar-refractivity contribution < 1.29 is 28.6 Å². The molecule has 6 nitrogen and oxygen atoms in total. The number of hydrogen-bond acceptors (Lipinski definition) is 6. The molecule has 0 aliphatic rings. The Morgan fingerprint density at radius 3 is 0.944 bits per heavy atom. The first-order valence-corrected chi connectivity index (χ1v) is 28.7. The molecule has 0 aromatic carbocycles. The summed E-state index contributed by atoms with van der Waals surface area (Å²) < 4.78 is 16.8. The third-order valence-corrected chi connectivity index (χ3v) is 11.6. The number of carbonyl (C=O) groups is 3. The molecule has 1 atom stereocenters. The Morgan fingerprint density at radius 2 is 0.577 bits per heavy atom. The lowest BCUT2D eigenvalue weighted by Gasteiger charge is -2.18. The Hall–Kier alpha value is -4.45. The standard InChI is InChI=1S/C65H104O6/c1-4-7-10-13-16-19-22-25-27-29-31-32-34-35-37-40-43-46-49-52-55-58-64(67)70-61-62(60-69-63(66)57-54-51-48-45-42-39-24-21-18-15-12-9-6-3)71-65(68)59-56-53-50-47-44-41-38-36-33-30-28-26-23-20-17-14-11-8-5-2/h7,10,12,15-17,19-21,24-28,31-33,35-37,43,46,62H,4-6,8-9,11,13-14,18,22-23,29-30,34,38-42,44-45,47-61H2,1-3H3/b10-7-,15-12-,19-16-,20-17-,24-21-,27-25-,28-26-,32-31-,36-33-,37-35-,46-43-. The highest BCUT2D eigenvalue weighted by Gasteiger charge is 2.19. The van der Waals surface area contributed by atoms with Crippen molar-refractivity contribution in [3.63, 3.8) is 0 Å². The van der Waals surface area contributed by atoms with Crippen LogP contribution in [0.3, 0.4) is 0 Å². The Morgan fingerprint density at radius 1 is 0.296 bits per heavy atom. The molecule has 0 radical (unpaired) electrons. The third kappa shape index (κ3) is 56.3. The lowest BCUT2D eigenvalue weighted by Crippen LogP contribution is -2.30. The van der Waals surface area contributed by atoms with Crippen molar-refractivity contribution in [1.29, 1.82) is 0 Å². The van der Waals surface area contributed by atoms with Crippen LogP contribution in [0.4, 0.5) is 0 Å². The Labute approximate surface area is 436 Å². The SMILES string of the molecule is CC/C=C\C/C=C\C/C=C\C/C=C\C/C=C\C/C=C\CCCCC(=O)OCC(COC(=O)CCCCCCC/C=C\C/C=C\CCC)OC(=O)CCCCCCCC/C=C\C/C=C\C/C=C\CCCCC. The molecule has 400 valence electrons. The fraction of sp³-hybridized carbons (Fsp3) is 0.615. The number of ether oxygens (including phenoxy) is 3. The van der Waals surface area contributed by atoms with E-state index in [0.29, 0.717) is 25.7 Å². The maximum atomic E-state index is 12.9. The van der Waals surface area contributed by atoms with Gasteiger partial charge in [0.2, 0.25) is 0 Å². The van der Waals surface area contributed by atoms with Gasteiger partial charge in [-0.2, -0.15) is 0 Å². The van der Waals surface area contributed by atoms with E-state index in [1.54, 1.807) is 0 Å². The predicted octanol–water partition coefficient (Wildman–Crippen LogP) is 19.4. The fourth-order valence-corrected chi connectivity index (χ4v) is 7.31. The van der Waals surface area contributed by atoms with Gasteiger partial charge in [-0.1, -0.05) is 219 Å². The lowest BCUT2D eigenvalue weighted by molar-refractivity contribution is -0.167. The van der Waals surface area contributed by atoms with Crippen molar-refractivity contribution in [3.05, 3.63) is 134 Å². The predicted molar refractivity (Wildman–Crippen MR) is 306 cm³/mol. The summed E-state index contributed by atoms with van der Waals surface area (Å²) in [7, 11) is 0. The van der Waals surface area contributed by atoms with E-state index >= 15 is 0 Å². The molecule has 6 heteroatoms. The minimum atomic E-state index is -0.815. The summed E-state index contributed by atoms with van der Waals surface area (Å²) in [4.78, 5) is 38.2.